The van der Waals surface area contributed by atoms with E-state index in [1.54, 1.807) is 18.2 Å². The summed E-state index contributed by atoms with van der Waals surface area (Å²) < 4.78 is 39.2. The van der Waals surface area contributed by atoms with Gasteiger partial charge in [0.15, 0.2) is 17.5 Å². The van der Waals surface area contributed by atoms with Crippen LogP contribution in [-0.4, -0.2) is 0 Å². The number of halogens is 4. The lowest BCUT2D eigenvalue weighted by molar-refractivity contribution is 0.449. The summed E-state index contributed by atoms with van der Waals surface area (Å²) in [4.78, 5) is 0. The molecule has 0 unspecified atom stereocenters. The summed E-state index contributed by atoms with van der Waals surface area (Å²) in [6.45, 7) is 1.82. The highest BCUT2D eigenvalue weighted by Crippen LogP contribution is 2.26. The molecule has 0 saturated heterocycles. The second-order valence-corrected chi connectivity index (χ2v) is 4.22. The topological polar surface area (TPSA) is 12.0 Å². The van der Waals surface area contributed by atoms with Crippen LogP contribution in [0.2, 0.25) is 5.02 Å². The molecule has 2 rings (SSSR count). The Morgan fingerprint density at radius 2 is 1.72 bits per heavy atom. The molecule has 0 aliphatic heterocycles. The quantitative estimate of drug-likeness (QED) is 0.773. The van der Waals surface area contributed by atoms with Crippen LogP contribution in [0.1, 0.15) is 5.56 Å². The van der Waals surface area contributed by atoms with Crippen molar-refractivity contribution in [2.45, 2.75) is 6.92 Å². The molecule has 0 aliphatic rings. The van der Waals surface area contributed by atoms with Crippen LogP contribution in [-0.2, 0) is 0 Å². The third-order valence-electron chi connectivity index (χ3n) is 2.49. The monoisotopic (exact) mass is 271 g/mol. The highest BCUT2D eigenvalue weighted by molar-refractivity contribution is 6.31. The number of aryl methyl sites for hydroxylation is 1. The SMILES string of the molecule is Cc1ccc(Nc2ccc(F)c(F)c2F)cc1Cl. The Morgan fingerprint density at radius 3 is 2.39 bits per heavy atom. The van der Waals surface area contributed by atoms with Crippen LogP contribution in [0.15, 0.2) is 30.3 Å². The normalized spacial score (nSPS) is 10.5. The number of hydrogen-bond acceptors (Lipinski definition) is 1. The van der Waals surface area contributed by atoms with E-state index < -0.39 is 17.5 Å². The van der Waals surface area contributed by atoms with Gasteiger partial charge in [-0.2, -0.15) is 0 Å². The Morgan fingerprint density at radius 1 is 1.00 bits per heavy atom. The molecule has 0 amide bonds. The van der Waals surface area contributed by atoms with E-state index in [1.807, 2.05) is 6.92 Å². The van der Waals surface area contributed by atoms with Gasteiger partial charge < -0.3 is 5.32 Å². The summed E-state index contributed by atoms with van der Waals surface area (Å²) in [7, 11) is 0. The standard InChI is InChI=1S/C13H9ClF3N/c1-7-2-3-8(6-9(7)14)18-11-5-4-10(15)12(16)13(11)17/h2-6,18H,1H3. The van der Waals surface area contributed by atoms with Gasteiger partial charge in [0, 0.05) is 10.7 Å². The van der Waals surface area contributed by atoms with Crippen molar-refractivity contribution >= 4 is 23.0 Å². The highest BCUT2D eigenvalue weighted by Gasteiger charge is 2.13. The van der Waals surface area contributed by atoms with Gasteiger partial charge in [0.25, 0.3) is 0 Å². The second kappa shape index (κ2) is 4.90. The molecule has 0 spiro atoms. The van der Waals surface area contributed by atoms with Crippen molar-refractivity contribution in [1.82, 2.24) is 0 Å². The minimum atomic E-state index is -1.50. The first-order valence-electron chi connectivity index (χ1n) is 5.15. The van der Waals surface area contributed by atoms with Gasteiger partial charge >= 0.3 is 0 Å². The number of nitrogens with one attached hydrogen (secondary N) is 1. The predicted molar refractivity (Wildman–Crippen MR) is 65.8 cm³/mol. The summed E-state index contributed by atoms with van der Waals surface area (Å²) in [6.07, 6.45) is 0. The van der Waals surface area contributed by atoms with Crippen LogP contribution in [0.3, 0.4) is 0 Å². The second-order valence-electron chi connectivity index (χ2n) is 3.81. The molecule has 0 heterocycles. The molecule has 0 aliphatic carbocycles. The van der Waals surface area contributed by atoms with E-state index in [1.165, 1.54) is 0 Å². The van der Waals surface area contributed by atoms with Crippen molar-refractivity contribution in [3.8, 4) is 0 Å². The van der Waals surface area contributed by atoms with Crippen LogP contribution < -0.4 is 5.32 Å². The van der Waals surface area contributed by atoms with Gasteiger partial charge in [0.1, 0.15) is 0 Å². The van der Waals surface area contributed by atoms with Crippen LogP contribution in [0.4, 0.5) is 24.5 Å². The minimum absolute atomic E-state index is 0.145. The van der Waals surface area contributed by atoms with E-state index in [-0.39, 0.29) is 5.69 Å². The fourth-order valence-corrected chi connectivity index (χ4v) is 1.63. The molecule has 0 aromatic heterocycles. The first kappa shape index (κ1) is 12.8. The fraction of sp³-hybridized carbons (Fsp3) is 0.0769. The summed E-state index contributed by atoms with van der Waals surface area (Å²) in [5.74, 6) is -3.98. The Kier molecular flexibility index (Phi) is 3.48. The Balaban J connectivity index is 2.34. The van der Waals surface area contributed by atoms with E-state index in [9.17, 15) is 13.2 Å². The maximum absolute atomic E-state index is 13.4. The van der Waals surface area contributed by atoms with Crippen LogP contribution in [0, 0.1) is 24.4 Å². The van der Waals surface area contributed by atoms with Crippen molar-refractivity contribution in [2.75, 3.05) is 5.32 Å². The van der Waals surface area contributed by atoms with Crippen molar-refractivity contribution in [3.05, 3.63) is 58.4 Å². The van der Waals surface area contributed by atoms with Crippen molar-refractivity contribution < 1.29 is 13.2 Å². The number of benzene rings is 2. The van der Waals surface area contributed by atoms with E-state index in [2.05, 4.69) is 5.32 Å². The molecule has 0 saturated carbocycles. The first-order chi connectivity index (χ1) is 8.49. The van der Waals surface area contributed by atoms with Crippen molar-refractivity contribution in [3.63, 3.8) is 0 Å². The molecule has 94 valence electrons. The molecule has 18 heavy (non-hydrogen) atoms. The van der Waals surface area contributed by atoms with Crippen LogP contribution >= 0.6 is 11.6 Å². The lowest BCUT2D eigenvalue weighted by Crippen LogP contribution is -1.98. The molecule has 2 aromatic rings. The lowest BCUT2D eigenvalue weighted by Gasteiger charge is -2.09. The summed E-state index contributed by atoms with van der Waals surface area (Å²) in [5.41, 5.74) is 1.22. The zero-order chi connectivity index (χ0) is 13.3. The molecule has 1 nitrogen and oxygen atoms in total. The largest absolute Gasteiger partial charge is 0.353 e. The molecule has 0 fully saturated rings. The van der Waals surface area contributed by atoms with Gasteiger partial charge in [-0.25, -0.2) is 13.2 Å². The zero-order valence-electron chi connectivity index (χ0n) is 9.40. The third kappa shape index (κ3) is 2.43. The molecule has 2 aromatic carbocycles. The van der Waals surface area contributed by atoms with Crippen LogP contribution in [0.25, 0.3) is 0 Å². The number of hydrogen-bond donors (Lipinski definition) is 1. The average Bonchev–Trinajstić information content (AvgIpc) is 2.34. The fourth-order valence-electron chi connectivity index (χ4n) is 1.45. The molecule has 5 heteroatoms. The third-order valence-corrected chi connectivity index (χ3v) is 2.89. The molecule has 0 bridgehead atoms. The van der Waals surface area contributed by atoms with Crippen molar-refractivity contribution in [2.24, 2.45) is 0 Å². The van der Waals surface area contributed by atoms with E-state index >= 15 is 0 Å². The Labute approximate surface area is 107 Å². The maximum Gasteiger partial charge on any atom is 0.196 e. The van der Waals surface area contributed by atoms with E-state index in [0.717, 1.165) is 17.7 Å². The first-order valence-corrected chi connectivity index (χ1v) is 5.53. The maximum atomic E-state index is 13.4. The Hall–Kier alpha value is -1.68. The molecule has 0 radical (unpaired) electrons. The molecule has 0 atom stereocenters. The van der Waals surface area contributed by atoms with Gasteiger partial charge in [0.2, 0.25) is 0 Å². The van der Waals surface area contributed by atoms with Gasteiger partial charge in [-0.3, -0.25) is 0 Å². The number of rotatable bonds is 2. The summed E-state index contributed by atoms with van der Waals surface area (Å²) in [6, 6.07) is 6.97. The molecule has 1 N–H and O–H groups in total. The van der Waals surface area contributed by atoms with E-state index in [4.69, 9.17) is 11.6 Å². The highest BCUT2D eigenvalue weighted by atomic mass is 35.5. The van der Waals surface area contributed by atoms with E-state index in [0.29, 0.717) is 10.7 Å². The van der Waals surface area contributed by atoms with Gasteiger partial charge in [-0.1, -0.05) is 17.7 Å². The summed E-state index contributed by atoms with van der Waals surface area (Å²) >= 11 is 5.91. The van der Waals surface area contributed by atoms with Gasteiger partial charge in [0.05, 0.1) is 5.69 Å². The van der Waals surface area contributed by atoms with Gasteiger partial charge in [-0.05, 0) is 36.8 Å². The molecular formula is C13H9ClF3N. The Bertz CT molecular complexity index is 599. The average molecular weight is 272 g/mol. The predicted octanol–water partition coefficient (Wildman–Crippen LogP) is 4.81. The smallest absolute Gasteiger partial charge is 0.196 e. The minimum Gasteiger partial charge on any atom is -0.353 e. The number of anilines is 2. The van der Waals surface area contributed by atoms with Crippen molar-refractivity contribution in [1.29, 1.82) is 0 Å². The van der Waals surface area contributed by atoms with Crippen LogP contribution in [0.5, 0.6) is 0 Å². The zero-order valence-corrected chi connectivity index (χ0v) is 10.2. The summed E-state index contributed by atoms with van der Waals surface area (Å²) in [5, 5.41) is 3.14. The molecular weight excluding hydrogens is 263 g/mol. The lowest BCUT2D eigenvalue weighted by atomic mass is 10.2. The van der Waals surface area contributed by atoms with Gasteiger partial charge in [-0.15, -0.1) is 0 Å².